The fraction of sp³-hybridized carbons (Fsp3) is 0.591. The summed E-state index contributed by atoms with van der Waals surface area (Å²) in [4.78, 5) is 23.3. The lowest BCUT2D eigenvalue weighted by Crippen LogP contribution is -2.63. The van der Waals surface area contributed by atoms with Crippen LogP contribution in [0.4, 0.5) is 0 Å². The summed E-state index contributed by atoms with van der Waals surface area (Å²) in [5, 5.41) is 0. The van der Waals surface area contributed by atoms with E-state index in [1.807, 2.05) is 45.1 Å². The van der Waals surface area contributed by atoms with Crippen LogP contribution < -0.4 is 4.74 Å². The lowest BCUT2D eigenvalue weighted by molar-refractivity contribution is -0.176. The molecule has 2 bridgehead atoms. The summed E-state index contributed by atoms with van der Waals surface area (Å²) in [5.41, 5.74) is 0.896. The number of aryl methyl sites for hydroxylation is 2. The molecule has 3 aliphatic rings. The maximum absolute atomic E-state index is 12.0. The van der Waals surface area contributed by atoms with E-state index in [2.05, 4.69) is 20.9 Å². The average molecular weight is 383 g/mol. The van der Waals surface area contributed by atoms with Crippen LogP contribution in [0.15, 0.2) is 30.4 Å². The molecule has 2 fully saturated rings. The number of ether oxygens (including phenoxy) is 2. The minimum atomic E-state index is -0.740. The molecule has 0 saturated carbocycles. The smallest absolute Gasteiger partial charge is 0.316 e. The van der Waals surface area contributed by atoms with Gasteiger partial charge >= 0.3 is 6.01 Å². The molecular formula is C22H29N3O3. The third-order valence-electron chi connectivity index (χ3n) is 6.33. The van der Waals surface area contributed by atoms with Crippen LogP contribution in [-0.2, 0) is 9.53 Å². The van der Waals surface area contributed by atoms with E-state index in [9.17, 15) is 4.79 Å². The van der Waals surface area contributed by atoms with Crippen LogP contribution in [0.2, 0.25) is 0 Å². The molecule has 4 rings (SSSR count). The van der Waals surface area contributed by atoms with Gasteiger partial charge in [-0.15, -0.1) is 0 Å². The summed E-state index contributed by atoms with van der Waals surface area (Å²) in [5.74, 6) is -0.326. The molecule has 1 aromatic rings. The number of rotatable bonds is 7. The number of aldehydes is 1. The molecule has 2 aliphatic heterocycles. The Bertz CT molecular complexity index is 778. The van der Waals surface area contributed by atoms with E-state index in [4.69, 9.17) is 9.47 Å². The second kappa shape index (κ2) is 7.41. The maximum Gasteiger partial charge on any atom is 0.316 e. The molecule has 2 unspecified atom stereocenters. The summed E-state index contributed by atoms with van der Waals surface area (Å²) in [7, 11) is 0. The Balaban J connectivity index is 1.65. The lowest BCUT2D eigenvalue weighted by Gasteiger charge is -2.49. The monoisotopic (exact) mass is 383 g/mol. The van der Waals surface area contributed by atoms with Crippen molar-refractivity contribution in [3.8, 4) is 6.01 Å². The molecule has 6 heteroatoms. The van der Waals surface area contributed by atoms with Gasteiger partial charge in [0.25, 0.3) is 0 Å². The van der Waals surface area contributed by atoms with E-state index in [-0.39, 0.29) is 11.5 Å². The predicted molar refractivity (Wildman–Crippen MR) is 106 cm³/mol. The number of nitrogens with zero attached hydrogens (tertiary/aromatic N) is 3. The third-order valence-corrected chi connectivity index (χ3v) is 6.33. The van der Waals surface area contributed by atoms with Crippen LogP contribution in [0.25, 0.3) is 0 Å². The Labute approximate surface area is 166 Å². The molecule has 150 valence electrons. The Morgan fingerprint density at radius 3 is 2.57 bits per heavy atom. The summed E-state index contributed by atoms with van der Waals surface area (Å²) in [6.45, 7) is 6.93. The van der Waals surface area contributed by atoms with E-state index in [1.165, 1.54) is 0 Å². The molecular weight excluding hydrogens is 354 g/mol. The van der Waals surface area contributed by atoms with Gasteiger partial charge in [-0.25, -0.2) is 9.97 Å². The molecule has 6 nitrogen and oxygen atoms in total. The average Bonchev–Trinajstić information content (AvgIpc) is 3.23. The molecule has 0 radical (unpaired) electrons. The molecule has 0 N–H and O–H groups in total. The number of hydrogen-bond donors (Lipinski definition) is 0. The summed E-state index contributed by atoms with van der Waals surface area (Å²) < 4.78 is 12.5. The fourth-order valence-electron chi connectivity index (χ4n) is 5.31. The van der Waals surface area contributed by atoms with Crippen molar-refractivity contribution in [3.63, 3.8) is 0 Å². The van der Waals surface area contributed by atoms with E-state index in [1.54, 1.807) is 0 Å². The van der Waals surface area contributed by atoms with Gasteiger partial charge in [-0.2, -0.15) is 0 Å². The van der Waals surface area contributed by atoms with Crippen molar-refractivity contribution in [1.82, 2.24) is 14.9 Å². The molecule has 1 aliphatic carbocycles. The van der Waals surface area contributed by atoms with E-state index < -0.39 is 5.72 Å². The molecule has 3 heterocycles. The summed E-state index contributed by atoms with van der Waals surface area (Å²) >= 11 is 0. The van der Waals surface area contributed by atoms with Gasteiger partial charge in [0.05, 0.1) is 11.5 Å². The van der Waals surface area contributed by atoms with Gasteiger partial charge in [-0.05, 0) is 58.6 Å². The summed E-state index contributed by atoms with van der Waals surface area (Å²) in [6.07, 6.45) is 13.2. The van der Waals surface area contributed by atoms with Crippen molar-refractivity contribution >= 4 is 6.29 Å². The first-order valence-electron chi connectivity index (χ1n) is 10.2. The number of aromatic nitrogens is 2. The van der Waals surface area contributed by atoms with Crippen LogP contribution in [0.5, 0.6) is 6.01 Å². The minimum Gasteiger partial charge on any atom is -0.461 e. The molecule has 0 amide bonds. The van der Waals surface area contributed by atoms with Crippen LogP contribution >= 0.6 is 0 Å². The molecule has 2 atom stereocenters. The number of carbonyl (C=O) groups excluding carboxylic acids is 1. The van der Waals surface area contributed by atoms with Crippen molar-refractivity contribution in [1.29, 1.82) is 0 Å². The van der Waals surface area contributed by atoms with Crippen molar-refractivity contribution < 1.29 is 14.3 Å². The third kappa shape index (κ3) is 3.08. The van der Waals surface area contributed by atoms with Crippen molar-refractivity contribution in [2.24, 2.45) is 5.92 Å². The van der Waals surface area contributed by atoms with E-state index >= 15 is 0 Å². The van der Waals surface area contributed by atoms with Gasteiger partial charge in [0, 0.05) is 24.0 Å². The minimum absolute atomic E-state index is 0.169. The van der Waals surface area contributed by atoms with Crippen molar-refractivity contribution in [2.75, 3.05) is 13.2 Å². The van der Waals surface area contributed by atoms with Gasteiger partial charge in [0.2, 0.25) is 0 Å². The summed E-state index contributed by atoms with van der Waals surface area (Å²) in [6, 6.07) is 2.77. The molecule has 2 saturated heterocycles. The normalized spacial score (nSPS) is 34.1. The van der Waals surface area contributed by atoms with Crippen LogP contribution in [0, 0.1) is 19.8 Å². The topological polar surface area (TPSA) is 64.6 Å². The first-order chi connectivity index (χ1) is 13.5. The van der Waals surface area contributed by atoms with E-state index in [0.29, 0.717) is 25.3 Å². The van der Waals surface area contributed by atoms with Gasteiger partial charge in [0.1, 0.15) is 12.9 Å². The highest BCUT2D eigenvalue weighted by Gasteiger charge is 2.61. The zero-order chi connectivity index (χ0) is 19.8. The van der Waals surface area contributed by atoms with Gasteiger partial charge in [-0.3, -0.25) is 4.90 Å². The second-order valence-electron chi connectivity index (χ2n) is 8.14. The van der Waals surface area contributed by atoms with Gasteiger partial charge < -0.3 is 14.3 Å². The van der Waals surface area contributed by atoms with Crippen molar-refractivity contribution in [2.45, 2.75) is 63.8 Å². The number of carbonyl (C=O) groups is 1. The zero-order valence-electron chi connectivity index (χ0n) is 16.9. The van der Waals surface area contributed by atoms with Crippen molar-refractivity contribution in [3.05, 3.63) is 41.8 Å². The van der Waals surface area contributed by atoms with Crippen LogP contribution in [-0.4, -0.2) is 51.7 Å². The lowest BCUT2D eigenvalue weighted by atomic mass is 9.85. The van der Waals surface area contributed by atoms with Gasteiger partial charge in [-0.1, -0.05) is 18.2 Å². The highest BCUT2D eigenvalue weighted by Crippen LogP contribution is 2.53. The largest absolute Gasteiger partial charge is 0.461 e. The number of allylic oxidation sites excluding steroid dienone is 2. The Kier molecular flexibility index (Phi) is 5.10. The maximum atomic E-state index is 12.0. The molecule has 0 spiro atoms. The predicted octanol–water partition coefficient (Wildman–Crippen LogP) is 3.14. The Morgan fingerprint density at radius 1 is 1.21 bits per heavy atom. The molecule has 0 aromatic carbocycles. The highest BCUT2D eigenvalue weighted by molar-refractivity contribution is 5.61. The second-order valence-corrected chi connectivity index (χ2v) is 8.14. The SMILES string of the molecule is CCOC1(N2C3CCC2(COc2nc(C)cc(C)n2)CC3)C=CC=CC1C=O. The first-order valence-corrected chi connectivity index (χ1v) is 10.2. The quantitative estimate of drug-likeness (QED) is 0.674. The molecule has 1 aromatic heterocycles. The number of fused-ring (bicyclic) bond motifs is 2. The van der Waals surface area contributed by atoms with Gasteiger partial charge in [0.15, 0.2) is 5.72 Å². The fourth-order valence-corrected chi connectivity index (χ4v) is 5.31. The Hall–Kier alpha value is -2.05. The van der Waals surface area contributed by atoms with Crippen LogP contribution in [0.3, 0.4) is 0 Å². The highest BCUT2D eigenvalue weighted by atomic mass is 16.5. The van der Waals surface area contributed by atoms with E-state index in [0.717, 1.165) is 43.4 Å². The number of hydrogen-bond acceptors (Lipinski definition) is 6. The zero-order valence-corrected chi connectivity index (χ0v) is 16.9. The molecule has 28 heavy (non-hydrogen) atoms. The van der Waals surface area contributed by atoms with Crippen LogP contribution in [0.1, 0.15) is 44.0 Å². The Morgan fingerprint density at radius 2 is 1.93 bits per heavy atom. The standard InChI is InChI=1S/C22H29N3O3/c1-4-28-22(10-6-5-7-18(22)14-26)25-19-8-11-21(25,12-9-19)15-27-20-23-16(2)13-17(3)24-20/h5-7,10,13-14,18-19H,4,8-9,11-12,15H2,1-3H3. The first kappa shape index (κ1) is 19.3.